The Labute approximate surface area is 160 Å². The average molecular weight is 386 g/mol. The van der Waals surface area contributed by atoms with E-state index >= 15 is 0 Å². The summed E-state index contributed by atoms with van der Waals surface area (Å²) in [6, 6.07) is 0. The summed E-state index contributed by atoms with van der Waals surface area (Å²) in [5.74, 6) is -1.06. The van der Waals surface area contributed by atoms with Gasteiger partial charge in [0.1, 0.15) is 0 Å². The summed E-state index contributed by atoms with van der Waals surface area (Å²) in [5.41, 5.74) is 0.911. The van der Waals surface area contributed by atoms with Crippen molar-refractivity contribution in [2.24, 2.45) is 0 Å². The van der Waals surface area contributed by atoms with Gasteiger partial charge in [0.25, 0.3) is 0 Å². The summed E-state index contributed by atoms with van der Waals surface area (Å²) in [4.78, 5) is 42.6. The number of hydrogen-bond acceptors (Lipinski definition) is 10. The lowest BCUT2D eigenvalue weighted by atomic mass is 10.3. The zero-order chi connectivity index (χ0) is 20.4. The van der Waals surface area contributed by atoms with E-state index in [1.54, 1.807) is 0 Å². The van der Waals surface area contributed by atoms with E-state index in [-0.39, 0.29) is 37.5 Å². The standard InChI is InChI=1S/C17H30N4O6/c1-14(2)6-18(7-15(22)25-3)10-21-12-19(8-16(23)26-4)11-20(13-21)9-17(24)27-5/h1,6-13H2,2-5H3. The van der Waals surface area contributed by atoms with Gasteiger partial charge in [0.15, 0.2) is 0 Å². The molecular formula is C17H30N4O6. The molecule has 0 amide bonds. The number of esters is 3. The lowest BCUT2D eigenvalue weighted by Crippen LogP contribution is -2.59. The molecule has 0 atom stereocenters. The van der Waals surface area contributed by atoms with Gasteiger partial charge in [-0.3, -0.25) is 34.0 Å². The van der Waals surface area contributed by atoms with Crippen molar-refractivity contribution >= 4 is 17.9 Å². The van der Waals surface area contributed by atoms with Crippen molar-refractivity contribution in [3.05, 3.63) is 12.2 Å². The second kappa shape index (κ2) is 11.7. The molecule has 154 valence electrons. The Balaban J connectivity index is 2.82. The average Bonchev–Trinajstić information content (AvgIpc) is 2.60. The first-order valence-electron chi connectivity index (χ1n) is 8.51. The van der Waals surface area contributed by atoms with Crippen LogP contribution in [0, 0.1) is 0 Å². The van der Waals surface area contributed by atoms with E-state index in [9.17, 15) is 14.4 Å². The second-order valence-electron chi connectivity index (χ2n) is 6.57. The SMILES string of the molecule is C=C(C)CN(CC(=O)OC)CN1CN(CC(=O)OC)CN(CC(=O)OC)C1. The van der Waals surface area contributed by atoms with E-state index in [1.165, 1.54) is 21.3 Å². The molecule has 0 aromatic rings. The van der Waals surface area contributed by atoms with Gasteiger partial charge in [0.2, 0.25) is 0 Å². The largest absolute Gasteiger partial charge is 0.468 e. The normalized spacial score (nSPS) is 16.2. The molecule has 0 bridgehead atoms. The van der Waals surface area contributed by atoms with Crippen LogP contribution < -0.4 is 0 Å². The molecule has 0 radical (unpaired) electrons. The Hall–Kier alpha value is -2.01. The molecule has 1 rings (SSSR count). The quantitative estimate of drug-likeness (QED) is 0.268. The highest BCUT2D eigenvalue weighted by atomic mass is 16.5. The molecule has 0 aromatic heterocycles. The van der Waals surface area contributed by atoms with Gasteiger partial charge in [0.05, 0.1) is 67.6 Å². The fourth-order valence-corrected chi connectivity index (χ4v) is 2.83. The number of ether oxygens (including phenoxy) is 3. The number of carbonyl (C=O) groups is 3. The molecule has 0 unspecified atom stereocenters. The van der Waals surface area contributed by atoms with Crippen molar-refractivity contribution in [1.82, 2.24) is 19.6 Å². The molecule has 1 heterocycles. The third kappa shape index (κ3) is 8.96. The van der Waals surface area contributed by atoms with Crippen LogP contribution in [0.25, 0.3) is 0 Å². The number of carbonyl (C=O) groups excluding carboxylic acids is 3. The Morgan fingerprint density at radius 2 is 1.26 bits per heavy atom. The van der Waals surface area contributed by atoms with Gasteiger partial charge in [-0.2, -0.15) is 0 Å². The molecule has 10 nitrogen and oxygen atoms in total. The number of rotatable bonds is 10. The van der Waals surface area contributed by atoms with E-state index in [2.05, 4.69) is 6.58 Å². The van der Waals surface area contributed by atoms with Crippen LogP contribution in [-0.2, 0) is 28.6 Å². The van der Waals surface area contributed by atoms with Crippen LogP contribution in [0.15, 0.2) is 12.2 Å². The highest BCUT2D eigenvalue weighted by Crippen LogP contribution is 2.10. The first kappa shape index (κ1) is 23.0. The van der Waals surface area contributed by atoms with Crippen LogP contribution in [0.5, 0.6) is 0 Å². The molecule has 1 fully saturated rings. The molecule has 1 saturated heterocycles. The molecule has 1 aliphatic rings. The zero-order valence-electron chi connectivity index (χ0n) is 16.6. The lowest BCUT2D eigenvalue weighted by molar-refractivity contribution is -0.149. The molecular weight excluding hydrogens is 356 g/mol. The highest BCUT2D eigenvalue weighted by Gasteiger charge is 2.28. The van der Waals surface area contributed by atoms with Crippen molar-refractivity contribution in [2.45, 2.75) is 6.92 Å². The van der Waals surface area contributed by atoms with Gasteiger partial charge in [-0.15, -0.1) is 0 Å². The van der Waals surface area contributed by atoms with E-state index in [1.807, 2.05) is 26.5 Å². The first-order chi connectivity index (χ1) is 12.8. The van der Waals surface area contributed by atoms with Gasteiger partial charge in [-0.1, -0.05) is 12.2 Å². The van der Waals surface area contributed by atoms with Gasteiger partial charge in [0, 0.05) is 6.54 Å². The third-order valence-corrected chi connectivity index (χ3v) is 3.83. The van der Waals surface area contributed by atoms with E-state index < -0.39 is 0 Å². The van der Waals surface area contributed by atoms with Crippen LogP contribution >= 0.6 is 0 Å². The highest BCUT2D eigenvalue weighted by molar-refractivity contribution is 5.72. The van der Waals surface area contributed by atoms with Gasteiger partial charge in [-0.25, -0.2) is 0 Å². The topological polar surface area (TPSA) is 91.9 Å². The summed E-state index contributed by atoms with van der Waals surface area (Å²) in [7, 11) is 4.01. The summed E-state index contributed by atoms with van der Waals surface area (Å²) in [5, 5.41) is 0. The summed E-state index contributed by atoms with van der Waals surface area (Å²) in [6.07, 6.45) is 0. The Kier molecular flexibility index (Phi) is 9.94. The molecule has 1 aliphatic heterocycles. The Bertz CT molecular complexity index is 516. The van der Waals surface area contributed by atoms with Crippen LogP contribution in [0.4, 0.5) is 0 Å². The van der Waals surface area contributed by atoms with Crippen molar-refractivity contribution < 1.29 is 28.6 Å². The minimum atomic E-state index is -0.358. The molecule has 0 saturated carbocycles. The molecule has 10 heteroatoms. The molecule has 0 spiro atoms. The van der Waals surface area contributed by atoms with Gasteiger partial charge in [-0.05, 0) is 6.92 Å². The second-order valence-corrected chi connectivity index (χ2v) is 6.57. The maximum absolute atomic E-state index is 11.7. The predicted molar refractivity (Wildman–Crippen MR) is 97.2 cm³/mol. The number of hydrogen-bond donors (Lipinski definition) is 0. The van der Waals surface area contributed by atoms with Gasteiger partial charge >= 0.3 is 17.9 Å². The van der Waals surface area contributed by atoms with Crippen LogP contribution in [-0.4, -0.2) is 112 Å². The monoisotopic (exact) mass is 386 g/mol. The van der Waals surface area contributed by atoms with E-state index in [4.69, 9.17) is 14.2 Å². The third-order valence-electron chi connectivity index (χ3n) is 3.83. The Morgan fingerprint density at radius 1 is 0.815 bits per heavy atom. The molecule has 27 heavy (non-hydrogen) atoms. The fraction of sp³-hybridized carbons (Fsp3) is 0.706. The van der Waals surface area contributed by atoms with E-state index in [0.29, 0.717) is 33.2 Å². The van der Waals surface area contributed by atoms with Crippen LogP contribution in [0.1, 0.15) is 6.92 Å². The number of nitrogens with zero attached hydrogens (tertiary/aromatic N) is 4. The lowest BCUT2D eigenvalue weighted by Gasteiger charge is -2.43. The fourth-order valence-electron chi connectivity index (χ4n) is 2.83. The minimum Gasteiger partial charge on any atom is -0.468 e. The molecule has 0 N–H and O–H groups in total. The van der Waals surface area contributed by atoms with Crippen LogP contribution in [0.2, 0.25) is 0 Å². The zero-order valence-corrected chi connectivity index (χ0v) is 16.6. The van der Waals surface area contributed by atoms with Crippen molar-refractivity contribution in [3.8, 4) is 0 Å². The van der Waals surface area contributed by atoms with Crippen molar-refractivity contribution in [3.63, 3.8) is 0 Å². The van der Waals surface area contributed by atoms with Crippen LogP contribution in [0.3, 0.4) is 0 Å². The Morgan fingerprint density at radius 3 is 1.67 bits per heavy atom. The molecule has 0 aliphatic carbocycles. The first-order valence-corrected chi connectivity index (χ1v) is 8.51. The molecule has 0 aromatic carbocycles. The summed E-state index contributed by atoms with van der Waals surface area (Å²) >= 11 is 0. The number of methoxy groups -OCH3 is 3. The van der Waals surface area contributed by atoms with E-state index in [0.717, 1.165) is 5.57 Å². The smallest absolute Gasteiger partial charge is 0.319 e. The van der Waals surface area contributed by atoms with Gasteiger partial charge < -0.3 is 14.2 Å². The summed E-state index contributed by atoms with van der Waals surface area (Å²) in [6.45, 7) is 8.47. The summed E-state index contributed by atoms with van der Waals surface area (Å²) < 4.78 is 14.2. The minimum absolute atomic E-state index is 0.0994. The maximum Gasteiger partial charge on any atom is 0.319 e. The van der Waals surface area contributed by atoms with Crippen molar-refractivity contribution in [1.29, 1.82) is 0 Å². The maximum atomic E-state index is 11.7. The predicted octanol–water partition coefficient (Wildman–Crippen LogP) is -0.867. The van der Waals surface area contributed by atoms with Crippen molar-refractivity contribution in [2.75, 3.05) is 74.2 Å².